The van der Waals surface area contributed by atoms with E-state index in [1.807, 2.05) is 36.4 Å². The standard InChI is InChI=1S/C10H10.C6H2F12/c1-3-9-7-5-6-8-10(9)4-2;7-1-2(8,9)3(10,11)4(12,13)5(14,15)6(16,17)18/h3-8H,1-2H2;1H2. The molecular formula is C16H12F12. The van der Waals surface area contributed by atoms with Gasteiger partial charge in [0, 0.05) is 0 Å². The number of hydrogen-bond acceptors (Lipinski definition) is 0. The summed E-state index contributed by atoms with van der Waals surface area (Å²) < 4.78 is 143. The molecule has 0 atom stereocenters. The molecular weight excluding hydrogens is 420 g/mol. The molecule has 12 heteroatoms. The molecule has 0 amide bonds. The lowest BCUT2D eigenvalue weighted by molar-refractivity contribution is -0.422. The first kappa shape index (κ1) is 25.9. The maximum atomic E-state index is 12.3. The van der Waals surface area contributed by atoms with Crippen LogP contribution in [-0.4, -0.2) is 36.5 Å². The van der Waals surface area contributed by atoms with Crippen molar-refractivity contribution in [3.05, 3.63) is 48.6 Å². The molecule has 1 aromatic rings. The van der Waals surface area contributed by atoms with E-state index in [0.29, 0.717) is 0 Å². The van der Waals surface area contributed by atoms with Gasteiger partial charge in [0.25, 0.3) is 0 Å². The summed E-state index contributed by atoms with van der Waals surface area (Å²) in [4.78, 5) is 0. The van der Waals surface area contributed by atoms with Gasteiger partial charge in [0.2, 0.25) is 0 Å². The molecule has 0 spiro atoms. The van der Waals surface area contributed by atoms with E-state index in [1.54, 1.807) is 0 Å². The molecule has 0 aliphatic carbocycles. The third kappa shape index (κ3) is 4.64. The van der Waals surface area contributed by atoms with Gasteiger partial charge in [0.15, 0.2) is 6.67 Å². The van der Waals surface area contributed by atoms with Crippen molar-refractivity contribution < 1.29 is 52.7 Å². The van der Waals surface area contributed by atoms with E-state index in [2.05, 4.69) is 13.2 Å². The quantitative estimate of drug-likeness (QED) is 0.424. The monoisotopic (exact) mass is 432 g/mol. The van der Waals surface area contributed by atoms with Gasteiger partial charge < -0.3 is 0 Å². The average molecular weight is 432 g/mol. The third-order valence-electron chi connectivity index (χ3n) is 3.21. The molecule has 1 rings (SSSR count). The van der Waals surface area contributed by atoms with Crippen LogP contribution in [0, 0.1) is 0 Å². The Kier molecular flexibility index (Phi) is 7.83. The van der Waals surface area contributed by atoms with Gasteiger partial charge in [0.05, 0.1) is 0 Å². The zero-order chi connectivity index (χ0) is 22.6. The van der Waals surface area contributed by atoms with Gasteiger partial charge >= 0.3 is 29.9 Å². The van der Waals surface area contributed by atoms with Crippen molar-refractivity contribution in [1.82, 2.24) is 0 Å². The largest absolute Gasteiger partial charge is 0.460 e. The minimum absolute atomic E-state index is 1.14. The maximum absolute atomic E-state index is 12.3. The van der Waals surface area contributed by atoms with Crippen LogP contribution in [0.15, 0.2) is 37.4 Å². The Morgan fingerprint density at radius 3 is 1.25 bits per heavy atom. The fraction of sp³-hybridized carbons (Fsp3) is 0.375. The van der Waals surface area contributed by atoms with Crippen LogP contribution >= 0.6 is 0 Å². The zero-order valence-corrected chi connectivity index (χ0v) is 13.6. The molecule has 1 aromatic carbocycles. The second-order valence-corrected chi connectivity index (χ2v) is 5.10. The lowest BCUT2D eigenvalue weighted by Crippen LogP contribution is -2.66. The van der Waals surface area contributed by atoms with Gasteiger partial charge in [-0.1, -0.05) is 49.6 Å². The molecule has 0 aromatic heterocycles. The van der Waals surface area contributed by atoms with Crippen LogP contribution < -0.4 is 0 Å². The summed E-state index contributed by atoms with van der Waals surface area (Å²) in [7, 11) is 0. The van der Waals surface area contributed by atoms with Crippen LogP contribution in [0.5, 0.6) is 0 Å². The summed E-state index contributed by atoms with van der Waals surface area (Å²) in [5, 5.41) is 0. The summed E-state index contributed by atoms with van der Waals surface area (Å²) in [5.41, 5.74) is 2.27. The van der Waals surface area contributed by atoms with E-state index in [0.717, 1.165) is 11.1 Å². The van der Waals surface area contributed by atoms with Gasteiger partial charge in [-0.15, -0.1) is 0 Å². The average Bonchev–Trinajstić information content (AvgIpc) is 2.60. The van der Waals surface area contributed by atoms with Crippen molar-refractivity contribution in [2.45, 2.75) is 29.9 Å². The van der Waals surface area contributed by atoms with Gasteiger partial charge in [-0.2, -0.15) is 48.3 Å². The number of rotatable bonds is 6. The Labute approximate surface area is 151 Å². The molecule has 0 fully saturated rings. The highest BCUT2D eigenvalue weighted by atomic mass is 19.4. The van der Waals surface area contributed by atoms with Crippen LogP contribution in [0.1, 0.15) is 11.1 Å². The molecule has 0 unspecified atom stereocenters. The molecule has 28 heavy (non-hydrogen) atoms. The molecule has 0 saturated carbocycles. The Morgan fingerprint density at radius 2 is 1.00 bits per heavy atom. The summed E-state index contributed by atoms with van der Waals surface area (Å²) in [5.74, 6) is -28.6. The fourth-order valence-corrected chi connectivity index (χ4v) is 1.57. The molecule has 0 N–H and O–H groups in total. The van der Waals surface area contributed by atoms with Crippen molar-refractivity contribution in [3.8, 4) is 0 Å². The molecule has 160 valence electrons. The van der Waals surface area contributed by atoms with E-state index in [-0.39, 0.29) is 0 Å². The van der Waals surface area contributed by atoms with E-state index >= 15 is 0 Å². The van der Waals surface area contributed by atoms with Gasteiger partial charge in [-0.3, -0.25) is 0 Å². The van der Waals surface area contributed by atoms with Crippen LogP contribution in [0.3, 0.4) is 0 Å². The molecule has 0 saturated heterocycles. The predicted molar refractivity (Wildman–Crippen MR) is 78.4 cm³/mol. The highest BCUT2D eigenvalue weighted by molar-refractivity contribution is 5.63. The van der Waals surface area contributed by atoms with Crippen LogP contribution in [0.4, 0.5) is 52.7 Å². The third-order valence-corrected chi connectivity index (χ3v) is 3.21. The summed E-state index contributed by atoms with van der Waals surface area (Å²) in [6.07, 6.45) is -3.56. The second kappa shape index (κ2) is 8.48. The Morgan fingerprint density at radius 1 is 0.643 bits per heavy atom. The van der Waals surface area contributed by atoms with Crippen molar-refractivity contribution in [1.29, 1.82) is 0 Å². The highest BCUT2D eigenvalue weighted by Crippen LogP contribution is 2.57. The predicted octanol–water partition coefficient (Wildman–Crippen LogP) is 7.03. The van der Waals surface area contributed by atoms with Crippen LogP contribution in [0.25, 0.3) is 12.2 Å². The molecule has 0 aliphatic rings. The van der Waals surface area contributed by atoms with Crippen LogP contribution in [-0.2, 0) is 0 Å². The van der Waals surface area contributed by atoms with Gasteiger partial charge in [0.1, 0.15) is 0 Å². The topological polar surface area (TPSA) is 0 Å². The first-order valence-electron chi connectivity index (χ1n) is 6.92. The first-order valence-corrected chi connectivity index (χ1v) is 6.92. The molecule has 0 nitrogen and oxygen atoms in total. The van der Waals surface area contributed by atoms with Crippen molar-refractivity contribution in [2.24, 2.45) is 0 Å². The molecule has 0 bridgehead atoms. The van der Waals surface area contributed by atoms with Crippen molar-refractivity contribution in [2.75, 3.05) is 6.67 Å². The minimum Gasteiger partial charge on any atom is -0.244 e. The molecule has 0 radical (unpaired) electrons. The van der Waals surface area contributed by atoms with E-state index in [9.17, 15) is 52.7 Å². The fourth-order valence-electron chi connectivity index (χ4n) is 1.57. The number of alkyl halides is 12. The zero-order valence-electron chi connectivity index (χ0n) is 13.6. The first-order chi connectivity index (χ1) is 12.4. The summed E-state index contributed by atoms with van der Waals surface area (Å²) in [6.45, 7) is 3.85. The summed E-state index contributed by atoms with van der Waals surface area (Å²) >= 11 is 0. The second-order valence-electron chi connectivity index (χ2n) is 5.10. The summed E-state index contributed by atoms with van der Waals surface area (Å²) in [6, 6.07) is 8.02. The maximum Gasteiger partial charge on any atom is 0.460 e. The van der Waals surface area contributed by atoms with Crippen molar-refractivity contribution in [3.63, 3.8) is 0 Å². The van der Waals surface area contributed by atoms with E-state index < -0.39 is 36.5 Å². The van der Waals surface area contributed by atoms with Crippen LogP contribution in [0.2, 0.25) is 0 Å². The van der Waals surface area contributed by atoms with E-state index in [1.165, 1.54) is 0 Å². The lowest BCUT2D eigenvalue weighted by atomic mass is 9.99. The Hall–Kier alpha value is -2.14. The number of hydrogen-bond donors (Lipinski definition) is 0. The number of benzene rings is 1. The van der Waals surface area contributed by atoms with E-state index in [4.69, 9.17) is 0 Å². The van der Waals surface area contributed by atoms with Gasteiger partial charge in [-0.25, -0.2) is 4.39 Å². The SMILES string of the molecule is C=Cc1ccccc1C=C.FCC(F)(F)C(F)(F)C(F)(F)C(F)(F)C(F)(F)F. The Balaban J connectivity index is 0.000000609. The van der Waals surface area contributed by atoms with Crippen molar-refractivity contribution >= 4 is 12.2 Å². The normalized spacial score (nSPS) is 13.4. The highest BCUT2D eigenvalue weighted by Gasteiger charge is 2.87. The Bertz CT molecular complexity index is 645. The molecule has 0 aliphatic heterocycles. The number of halogens is 12. The molecule has 0 heterocycles. The smallest absolute Gasteiger partial charge is 0.244 e. The van der Waals surface area contributed by atoms with Gasteiger partial charge in [-0.05, 0) is 11.1 Å². The lowest BCUT2D eigenvalue weighted by Gasteiger charge is -2.36. The minimum atomic E-state index is -7.52.